The average Bonchev–Trinajstić information content (AvgIpc) is 3.34. The van der Waals surface area contributed by atoms with Crippen LogP contribution < -0.4 is 5.32 Å². The van der Waals surface area contributed by atoms with Crippen molar-refractivity contribution in [2.24, 2.45) is 0 Å². The fraction of sp³-hybridized carbons (Fsp3) is 0.500. The lowest BCUT2D eigenvalue weighted by Gasteiger charge is -2.29. The van der Waals surface area contributed by atoms with Gasteiger partial charge in [0, 0.05) is 12.6 Å². The van der Waals surface area contributed by atoms with Crippen LogP contribution in [0.15, 0.2) is 47.1 Å². The van der Waals surface area contributed by atoms with Crippen LogP contribution in [0.4, 0.5) is 0 Å². The number of rotatable bonds is 9. The molecule has 146 valence electrons. The molecule has 0 bridgehead atoms. The molecule has 0 aliphatic heterocycles. The second kappa shape index (κ2) is 9.20. The minimum Gasteiger partial charge on any atom is -0.468 e. The lowest BCUT2D eigenvalue weighted by molar-refractivity contribution is -0.122. The number of carbonyl (C=O) groups excluding carboxylic acids is 1. The molecule has 1 aliphatic rings. The Morgan fingerprint density at radius 1 is 1.22 bits per heavy atom. The van der Waals surface area contributed by atoms with Gasteiger partial charge >= 0.3 is 0 Å². The van der Waals surface area contributed by atoms with Gasteiger partial charge in [-0.3, -0.25) is 14.6 Å². The van der Waals surface area contributed by atoms with Gasteiger partial charge in [-0.15, -0.1) is 0 Å². The number of benzene rings is 1. The van der Waals surface area contributed by atoms with Crippen LogP contribution in [0.5, 0.6) is 0 Å². The number of hydrogen-bond acceptors (Lipinski definition) is 4. The minimum atomic E-state index is 0.0607. The molecule has 1 N–H and O–H groups in total. The summed E-state index contributed by atoms with van der Waals surface area (Å²) in [5.74, 6) is 0.961. The maximum absolute atomic E-state index is 12.6. The Hall–Kier alpha value is -2.11. The largest absolute Gasteiger partial charge is 0.468 e. The van der Waals surface area contributed by atoms with Crippen molar-refractivity contribution in [1.29, 1.82) is 0 Å². The lowest BCUT2D eigenvalue weighted by Crippen LogP contribution is -2.41. The van der Waals surface area contributed by atoms with Gasteiger partial charge in [0.05, 0.1) is 18.8 Å². The molecule has 0 radical (unpaired) electrons. The van der Waals surface area contributed by atoms with Crippen LogP contribution in [0.2, 0.25) is 0 Å². The Balaban J connectivity index is 1.57. The number of aryl methyl sites for hydroxylation is 1. The third-order valence-electron chi connectivity index (χ3n) is 5.64. The van der Waals surface area contributed by atoms with E-state index in [9.17, 15) is 4.79 Å². The number of amides is 1. The Kier molecular flexibility index (Phi) is 6.69. The number of furan rings is 1. The zero-order valence-corrected chi connectivity index (χ0v) is 16.6. The molecule has 1 aliphatic carbocycles. The Morgan fingerprint density at radius 2 is 2.00 bits per heavy atom. The SMILES string of the molecule is CCN(CC)[C@H](CNC(=O)CN(C)[C@H]1CCc2ccccc21)c1ccco1. The highest BCUT2D eigenvalue weighted by molar-refractivity contribution is 5.78. The summed E-state index contributed by atoms with van der Waals surface area (Å²) in [7, 11) is 2.04. The van der Waals surface area contributed by atoms with Gasteiger partial charge in [-0.25, -0.2) is 0 Å². The molecule has 1 amide bonds. The summed E-state index contributed by atoms with van der Waals surface area (Å²) >= 11 is 0. The third kappa shape index (κ3) is 4.60. The van der Waals surface area contributed by atoms with Crippen LogP contribution >= 0.6 is 0 Å². The fourth-order valence-corrected chi connectivity index (χ4v) is 4.15. The molecule has 0 saturated heterocycles. The van der Waals surface area contributed by atoms with E-state index in [1.165, 1.54) is 11.1 Å². The van der Waals surface area contributed by atoms with Crippen molar-refractivity contribution in [3.8, 4) is 0 Å². The molecule has 1 aromatic carbocycles. The number of carbonyl (C=O) groups is 1. The van der Waals surface area contributed by atoms with E-state index in [2.05, 4.69) is 53.2 Å². The fourth-order valence-electron chi connectivity index (χ4n) is 4.15. The summed E-state index contributed by atoms with van der Waals surface area (Å²) in [5.41, 5.74) is 2.78. The van der Waals surface area contributed by atoms with Gasteiger partial charge < -0.3 is 9.73 Å². The van der Waals surface area contributed by atoms with E-state index in [0.717, 1.165) is 31.7 Å². The maximum atomic E-state index is 12.6. The van der Waals surface area contributed by atoms with Gasteiger partial charge in [0.2, 0.25) is 5.91 Å². The number of nitrogens with one attached hydrogen (secondary N) is 1. The average molecular weight is 370 g/mol. The second-order valence-electron chi connectivity index (χ2n) is 7.22. The van der Waals surface area contributed by atoms with Crippen LogP contribution in [0.25, 0.3) is 0 Å². The van der Waals surface area contributed by atoms with Gasteiger partial charge in [0.25, 0.3) is 0 Å². The molecule has 2 aromatic rings. The van der Waals surface area contributed by atoms with Crippen LogP contribution in [0, 0.1) is 0 Å². The van der Waals surface area contributed by atoms with E-state index in [1.807, 2.05) is 19.2 Å². The molecule has 0 saturated carbocycles. The summed E-state index contributed by atoms with van der Waals surface area (Å²) < 4.78 is 5.61. The maximum Gasteiger partial charge on any atom is 0.234 e. The quantitative estimate of drug-likeness (QED) is 0.736. The number of hydrogen-bond donors (Lipinski definition) is 1. The van der Waals surface area contributed by atoms with Crippen molar-refractivity contribution in [3.05, 3.63) is 59.5 Å². The Morgan fingerprint density at radius 3 is 2.70 bits per heavy atom. The van der Waals surface area contributed by atoms with Crippen LogP contribution in [-0.4, -0.2) is 48.9 Å². The van der Waals surface area contributed by atoms with E-state index >= 15 is 0 Å². The standard InChI is InChI=1S/C22H31N3O2/c1-4-25(5-2)20(21-11-8-14-27-21)15-23-22(26)16-24(3)19-13-12-17-9-6-7-10-18(17)19/h6-11,14,19-20H,4-5,12-13,15-16H2,1-3H3,(H,23,26)/t19-,20+/m0/s1. The van der Waals surface area contributed by atoms with Gasteiger partial charge in [-0.2, -0.15) is 0 Å². The second-order valence-corrected chi connectivity index (χ2v) is 7.22. The summed E-state index contributed by atoms with van der Waals surface area (Å²) in [4.78, 5) is 17.1. The highest BCUT2D eigenvalue weighted by Crippen LogP contribution is 2.34. The zero-order chi connectivity index (χ0) is 19.2. The van der Waals surface area contributed by atoms with Gasteiger partial charge in [0.1, 0.15) is 5.76 Å². The molecule has 1 heterocycles. The molecule has 0 unspecified atom stereocenters. The molecule has 1 aromatic heterocycles. The minimum absolute atomic E-state index is 0.0607. The molecular formula is C22H31N3O2. The summed E-state index contributed by atoms with van der Waals surface area (Å²) in [5, 5.41) is 3.12. The van der Waals surface area contributed by atoms with E-state index in [1.54, 1.807) is 6.26 Å². The monoisotopic (exact) mass is 369 g/mol. The Bertz CT molecular complexity index is 725. The van der Waals surface area contributed by atoms with Gasteiger partial charge in [0.15, 0.2) is 0 Å². The molecule has 2 atom stereocenters. The van der Waals surface area contributed by atoms with E-state index < -0.39 is 0 Å². The van der Waals surface area contributed by atoms with E-state index in [-0.39, 0.29) is 11.9 Å². The molecular weight excluding hydrogens is 338 g/mol. The van der Waals surface area contributed by atoms with Gasteiger partial charge in [-0.1, -0.05) is 38.1 Å². The molecule has 3 rings (SSSR count). The zero-order valence-electron chi connectivity index (χ0n) is 16.6. The highest BCUT2D eigenvalue weighted by atomic mass is 16.3. The number of likely N-dealkylation sites (N-methyl/N-ethyl adjacent to an activating group) is 2. The van der Waals surface area contributed by atoms with Gasteiger partial charge in [-0.05, 0) is 56.2 Å². The third-order valence-corrected chi connectivity index (χ3v) is 5.64. The van der Waals surface area contributed by atoms with Crippen LogP contribution in [0.3, 0.4) is 0 Å². The first-order valence-electron chi connectivity index (χ1n) is 9.96. The molecule has 27 heavy (non-hydrogen) atoms. The predicted molar refractivity (Wildman–Crippen MR) is 108 cm³/mol. The van der Waals surface area contributed by atoms with Crippen LogP contribution in [-0.2, 0) is 11.2 Å². The number of fused-ring (bicyclic) bond motifs is 1. The van der Waals surface area contributed by atoms with E-state index in [0.29, 0.717) is 19.1 Å². The normalized spacial score (nSPS) is 17.3. The van der Waals surface area contributed by atoms with E-state index in [4.69, 9.17) is 4.42 Å². The topological polar surface area (TPSA) is 48.7 Å². The van der Waals surface area contributed by atoms with Crippen molar-refractivity contribution >= 4 is 5.91 Å². The van der Waals surface area contributed by atoms with Crippen LogP contribution in [0.1, 0.15) is 49.2 Å². The van der Waals surface area contributed by atoms with Crippen molar-refractivity contribution in [2.45, 2.75) is 38.8 Å². The first-order valence-corrected chi connectivity index (χ1v) is 9.96. The van der Waals surface area contributed by atoms with Crippen molar-refractivity contribution < 1.29 is 9.21 Å². The molecule has 0 fully saturated rings. The van der Waals surface area contributed by atoms with Crippen molar-refractivity contribution in [3.63, 3.8) is 0 Å². The highest BCUT2D eigenvalue weighted by Gasteiger charge is 2.27. The molecule has 5 heteroatoms. The summed E-state index contributed by atoms with van der Waals surface area (Å²) in [6.07, 6.45) is 3.87. The van der Waals surface area contributed by atoms with Crippen molar-refractivity contribution in [1.82, 2.24) is 15.1 Å². The molecule has 0 spiro atoms. The van der Waals surface area contributed by atoms with Crippen molar-refractivity contribution in [2.75, 3.05) is 33.2 Å². The number of nitrogens with zero attached hydrogens (tertiary/aromatic N) is 2. The first-order chi connectivity index (χ1) is 13.1. The predicted octanol–water partition coefficient (Wildman–Crippen LogP) is 3.40. The molecule has 5 nitrogen and oxygen atoms in total. The summed E-state index contributed by atoms with van der Waals surface area (Å²) in [6, 6.07) is 12.8. The smallest absolute Gasteiger partial charge is 0.234 e. The lowest BCUT2D eigenvalue weighted by atomic mass is 10.1. The first kappa shape index (κ1) is 19.6. The Labute approximate surface area is 162 Å². The summed E-state index contributed by atoms with van der Waals surface area (Å²) in [6.45, 7) is 7.05.